The fraction of sp³-hybridized carbons (Fsp3) is 0.381. The lowest BCUT2D eigenvalue weighted by Gasteiger charge is -2.21. The highest BCUT2D eigenvalue weighted by Crippen LogP contribution is 2.45. The highest BCUT2D eigenvalue weighted by atomic mass is 16.5. The number of methoxy groups -OCH3 is 2. The molecule has 1 aromatic rings. The molecule has 1 aromatic carbocycles. The summed E-state index contributed by atoms with van der Waals surface area (Å²) >= 11 is 0. The van der Waals surface area contributed by atoms with Gasteiger partial charge in [-0.3, -0.25) is 4.79 Å². The zero-order chi connectivity index (χ0) is 17.6. The molecule has 0 saturated heterocycles. The van der Waals surface area contributed by atoms with Gasteiger partial charge in [-0.15, -0.1) is 0 Å². The Balaban J connectivity index is 2.22. The van der Waals surface area contributed by atoms with Crippen LogP contribution in [0, 0.1) is 5.92 Å². The lowest BCUT2D eigenvalue weighted by molar-refractivity contribution is -0.114. The molecule has 126 valence electrons. The summed E-state index contributed by atoms with van der Waals surface area (Å²) in [5, 5.41) is 0. The maximum atomic E-state index is 12.9. The lowest BCUT2D eigenvalue weighted by atomic mass is 9.85. The van der Waals surface area contributed by atoms with Crippen LogP contribution in [0.1, 0.15) is 50.3 Å². The van der Waals surface area contributed by atoms with Gasteiger partial charge in [0.05, 0.1) is 14.2 Å². The van der Waals surface area contributed by atoms with Crippen LogP contribution in [0.4, 0.5) is 0 Å². The largest absolute Gasteiger partial charge is 0.496 e. The molecule has 0 amide bonds. The molecule has 0 fully saturated rings. The van der Waals surface area contributed by atoms with E-state index in [4.69, 9.17) is 9.47 Å². The van der Waals surface area contributed by atoms with Gasteiger partial charge in [-0.05, 0) is 58.4 Å². The summed E-state index contributed by atoms with van der Waals surface area (Å²) in [7, 11) is 3.26. The van der Waals surface area contributed by atoms with E-state index in [2.05, 4.69) is 39.8 Å². The predicted molar refractivity (Wildman–Crippen MR) is 96.9 cm³/mol. The van der Waals surface area contributed by atoms with Gasteiger partial charge in [-0.2, -0.15) is 0 Å². The molecule has 3 rings (SSSR count). The van der Waals surface area contributed by atoms with Gasteiger partial charge in [0.25, 0.3) is 0 Å². The molecule has 0 spiro atoms. The molecule has 0 saturated carbocycles. The van der Waals surface area contributed by atoms with E-state index < -0.39 is 0 Å². The van der Waals surface area contributed by atoms with E-state index in [9.17, 15) is 4.79 Å². The number of hydrogen-bond donors (Lipinski definition) is 0. The van der Waals surface area contributed by atoms with Crippen molar-refractivity contribution in [3.05, 3.63) is 51.8 Å². The number of allylic oxidation sites excluding steroid dienone is 4. The Bertz CT molecular complexity index is 805. The van der Waals surface area contributed by atoms with Gasteiger partial charge in [0, 0.05) is 11.1 Å². The average molecular weight is 324 g/mol. The fourth-order valence-electron chi connectivity index (χ4n) is 3.43. The highest BCUT2D eigenvalue weighted by molar-refractivity contribution is 6.25. The standard InChI is InChI=1S/C21H24O3/c1-11(2)14-9-16-13(8-19(14)23-5)7-18-17(16)10-15(12(3)4)21(24-6)20(18)22/h7-12H,1-6H3. The molecular formula is C21H24O3. The number of hydrogen-bond acceptors (Lipinski definition) is 3. The highest BCUT2D eigenvalue weighted by Gasteiger charge is 2.34. The number of ether oxygens (including phenoxy) is 2. The van der Waals surface area contributed by atoms with Crippen molar-refractivity contribution < 1.29 is 14.3 Å². The minimum atomic E-state index is -0.0278. The van der Waals surface area contributed by atoms with Crippen LogP contribution in [0.25, 0.3) is 11.6 Å². The Morgan fingerprint density at radius 2 is 1.58 bits per heavy atom. The minimum absolute atomic E-state index is 0.0278. The van der Waals surface area contributed by atoms with Crippen LogP contribution in [0.5, 0.6) is 5.75 Å². The second-order valence-electron chi connectivity index (χ2n) is 6.92. The van der Waals surface area contributed by atoms with Crippen molar-refractivity contribution in [2.24, 2.45) is 5.92 Å². The number of carbonyl (C=O) groups is 1. The number of ketones is 1. The molecule has 0 N–H and O–H groups in total. The first-order valence-corrected chi connectivity index (χ1v) is 8.38. The van der Waals surface area contributed by atoms with Gasteiger partial charge in [-0.1, -0.05) is 27.7 Å². The third kappa shape index (κ3) is 2.39. The summed E-state index contributed by atoms with van der Waals surface area (Å²) in [5.74, 6) is 1.88. The molecule has 0 aromatic heterocycles. The van der Waals surface area contributed by atoms with Crippen LogP contribution >= 0.6 is 0 Å². The first kappa shape index (κ1) is 16.6. The molecular weight excluding hydrogens is 300 g/mol. The molecule has 24 heavy (non-hydrogen) atoms. The van der Waals surface area contributed by atoms with E-state index in [1.165, 1.54) is 0 Å². The predicted octanol–water partition coefficient (Wildman–Crippen LogP) is 4.74. The van der Waals surface area contributed by atoms with E-state index in [0.29, 0.717) is 17.3 Å². The Kier molecular flexibility index (Phi) is 4.12. The summed E-state index contributed by atoms with van der Waals surface area (Å²) in [6.07, 6.45) is 4.06. The topological polar surface area (TPSA) is 35.5 Å². The number of fused-ring (bicyclic) bond motifs is 3. The molecule has 0 unspecified atom stereocenters. The van der Waals surface area contributed by atoms with Crippen molar-refractivity contribution in [3.8, 4) is 5.75 Å². The third-order valence-electron chi connectivity index (χ3n) is 4.74. The van der Waals surface area contributed by atoms with Crippen molar-refractivity contribution in [3.63, 3.8) is 0 Å². The third-order valence-corrected chi connectivity index (χ3v) is 4.74. The average Bonchev–Trinajstić information content (AvgIpc) is 2.91. The van der Waals surface area contributed by atoms with Gasteiger partial charge in [-0.25, -0.2) is 0 Å². The Morgan fingerprint density at radius 3 is 2.12 bits per heavy atom. The quantitative estimate of drug-likeness (QED) is 0.802. The van der Waals surface area contributed by atoms with E-state index >= 15 is 0 Å². The normalized spacial score (nSPS) is 16.2. The number of Topliss-reactive ketones (excluding diaryl/α,β-unsaturated/α-hetero) is 1. The minimum Gasteiger partial charge on any atom is -0.496 e. The molecule has 0 heterocycles. The maximum Gasteiger partial charge on any atom is 0.228 e. The smallest absolute Gasteiger partial charge is 0.228 e. The number of rotatable bonds is 4. The zero-order valence-electron chi connectivity index (χ0n) is 15.2. The Labute approximate surface area is 143 Å². The summed E-state index contributed by atoms with van der Waals surface area (Å²) in [5.41, 5.74) is 5.98. The second-order valence-corrected chi connectivity index (χ2v) is 6.92. The van der Waals surface area contributed by atoms with Gasteiger partial charge in [0.2, 0.25) is 5.78 Å². The molecule has 0 bridgehead atoms. The molecule has 3 nitrogen and oxygen atoms in total. The van der Waals surface area contributed by atoms with Gasteiger partial charge >= 0.3 is 0 Å². The first-order chi connectivity index (χ1) is 11.4. The van der Waals surface area contributed by atoms with Crippen LogP contribution in [0.3, 0.4) is 0 Å². The van der Waals surface area contributed by atoms with Crippen molar-refractivity contribution in [2.75, 3.05) is 14.2 Å². The van der Waals surface area contributed by atoms with Crippen LogP contribution < -0.4 is 4.74 Å². The molecule has 2 aliphatic rings. The molecule has 2 aliphatic carbocycles. The molecule has 0 radical (unpaired) electrons. The van der Waals surface area contributed by atoms with E-state index in [1.807, 2.05) is 12.1 Å². The summed E-state index contributed by atoms with van der Waals surface area (Å²) < 4.78 is 11.0. The summed E-state index contributed by atoms with van der Waals surface area (Å²) in [6.45, 7) is 8.46. The molecule has 0 aliphatic heterocycles. The van der Waals surface area contributed by atoms with Crippen molar-refractivity contribution in [2.45, 2.75) is 33.6 Å². The van der Waals surface area contributed by atoms with Gasteiger partial charge in [0.1, 0.15) is 5.75 Å². The van der Waals surface area contributed by atoms with Gasteiger partial charge < -0.3 is 9.47 Å². The van der Waals surface area contributed by atoms with Crippen molar-refractivity contribution in [1.82, 2.24) is 0 Å². The second kappa shape index (κ2) is 5.97. The first-order valence-electron chi connectivity index (χ1n) is 8.38. The zero-order valence-corrected chi connectivity index (χ0v) is 15.2. The SMILES string of the molecule is COC1=C(C(C)C)C=C2C(=Cc3cc(OC)c(C(C)C)cc32)C1=O. The monoisotopic (exact) mass is 324 g/mol. The molecule has 3 heteroatoms. The van der Waals surface area contributed by atoms with Crippen molar-refractivity contribution >= 4 is 17.4 Å². The van der Waals surface area contributed by atoms with Crippen LogP contribution in [-0.4, -0.2) is 20.0 Å². The lowest BCUT2D eigenvalue weighted by Crippen LogP contribution is -2.16. The summed E-state index contributed by atoms with van der Waals surface area (Å²) in [6, 6.07) is 4.20. The molecule has 0 atom stereocenters. The van der Waals surface area contributed by atoms with Gasteiger partial charge in [0.15, 0.2) is 5.76 Å². The summed E-state index contributed by atoms with van der Waals surface area (Å²) in [4.78, 5) is 12.9. The van der Waals surface area contributed by atoms with E-state index in [0.717, 1.165) is 33.6 Å². The van der Waals surface area contributed by atoms with E-state index in [-0.39, 0.29) is 11.7 Å². The van der Waals surface area contributed by atoms with Crippen molar-refractivity contribution in [1.29, 1.82) is 0 Å². The fourth-order valence-corrected chi connectivity index (χ4v) is 3.43. The van der Waals surface area contributed by atoms with Crippen LogP contribution in [-0.2, 0) is 9.53 Å². The van der Waals surface area contributed by atoms with Crippen LogP contribution in [0.2, 0.25) is 0 Å². The van der Waals surface area contributed by atoms with Crippen LogP contribution in [0.15, 0.2) is 35.1 Å². The number of benzene rings is 1. The maximum absolute atomic E-state index is 12.9. The Hall–Kier alpha value is -2.29. The van der Waals surface area contributed by atoms with E-state index in [1.54, 1.807) is 14.2 Å². The Morgan fingerprint density at radius 1 is 0.875 bits per heavy atom. The number of carbonyl (C=O) groups excluding carboxylic acids is 1.